The summed E-state index contributed by atoms with van der Waals surface area (Å²) in [6.07, 6.45) is -0.370. The van der Waals surface area contributed by atoms with E-state index in [1.807, 2.05) is 0 Å². The molecule has 0 unspecified atom stereocenters. The van der Waals surface area contributed by atoms with Gasteiger partial charge in [0.05, 0.1) is 0 Å². The van der Waals surface area contributed by atoms with E-state index in [2.05, 4.69) is 22.6 Å². The zero-order chi connectivity index (χ0) is 14.1. The Labute approximate surface area is 98.3 Å². The Hall–Kier alpha value is -2.40. The number of rotatable bonds is 4. The van der Waals surface area contributed by atoms with E-state index in [4.69, 9.17) is 11.4 Å². The van der Waals surface area contributed by atoms with Gasteiger partial charge < -0.3 is 29.3 Å². The van der Waals surface area contributed by atoms with Crippen LogP contribution in [0.1, 0.15) is 0 Å². The van der Waals surface area contributed by atoms with Gasteiger partial charge in [-0.25, -0.2) is 0 Å². The van der Waals surface area contributed by atoms with Gasteiger partial charge in [-0.3, -0.25) is 0 Å². The molecular weight excluding hydrogens is 232 g/mol. The maximum atomic E-state index is 9.38. The molecule has 17 heavy (non-hydrogen) atoms. The van der Waals surface area contributed by atoms with Gasteiger partial charge in [0, 0.05) is 13.2 Å². The summed E-state index contributed by atoms with van der Waals surface area (Å²) >= 11 is 0. The Morgan fingerprint density at radius 1 is 1.12 bits per heavy atom. The number of hydrogen-bond acceptors (Lipinski definition) is 7. The standard InChI is InChI=1S/2C4H6O3.C2O/c2*1-2-3-7-4(5)6;1-2-3/h2*2H,1,3H2,(H,5,6);/q;;+2/p-2. The van der Waals surface area contributed by atoms with Crippen molar-refractivity contribution in [2.45, 2.75) is 0 Å². The Kier molecular flexibility index (Phi) is 22.7. The molecule has 0 aliphatic rings. The first-order valence-electron chi connectivity index (χ1n) is 3.89. The van der Waals surface area contributed by atoms with E-state index in [1.165, 1.54) is 12.2 Å². The first kappa shape index (κ1) is 20.1. The third kappa shape index (κ3) is 58.4. The fourth-order valence-electron chi connectivity index (χ4n) is 0.254. The minimum absolute atomic E-state index is 0.00231. The average Bonchev–Trinajstić information content (AvgIpc) is 2.25. The summed E-state index contributed by atoms with van der Waals surface area (Å²) in [5.74, 6) is 0.750. The van der Waals surface area contributed by atoms with Crippen LogP contribution in [0.2, 0.25) is 0 Å². The summed E-state index contributed by atoms with van der Waals surface area (Å²) in [6.45, 7) is 11.8. The molecule has 7 heteroatoms. The quantitative estimate of drug-likeness (QED) is 0.343. The van der Waals surface area contributed by atoms with Crippen LogP contribution in [0.4, 0.5) is 9.59 Å². The summed E-state index contributed by atoms with van der Waals surface area (Å²) in [5, 5.41) is 18.8. The van der Waals surface area contributed by atoms with Crippen LogP contribution in [0, 0.1) is 6.58 Å². The molecule has 0 spiro atoms. The summed E-state index contributed by atoms with van der Waals surface area (Å²) in [7, 11) is 0. The van der Waals surface area contributed by atoms with Gasteiger partial charge in [0.2, 0.25) is 0 Å². The molecule has 0 bridgehead atoms. The predicted molar refractivity (Wildman–Crippen MR) is 52.0 cm³/mol. The fourth-order valence-corrected chi connectivity index (χ4v) is 0.254. The van der Waals surface area contributed by atoms with E-state index in [9.17, 15) is 19.8 Å². The van der Waals surface area contributed by atoms with Gasteiger partial charge in [-0.1, -0.05) is 12.2 Å². The molecule has 0 amide bonds. The first-order chi connectivity index (χ1) is 7.95. The third-order valence-corrected chi connectivity index (χ3v) is 0.638. The zero-order valence-corrected chi connectivity index (χ0v) is 8.84. The van der Waals surface area contributed by atoms with Gasteiger partial charge in [-0.05, 0) is 0 Å². The predicted octanol–water partition coefficient (Wildman–Crippen LogP) is -1.25. The van der Waals surface area contributed by atoms with Crippen LogP contribution >= 0.6 is 0 Å². The Balaban J connectivity index is -0.000000188. The minimum atomic E-state index is -1.51. The molecule has 0 aliphatic carbocycles. The Morgan fingerprint density at radius 2 is 1.35 bits per heavy atom. The van der Waals surface area contributed by atoms with E-state index < -0.39 is 12.3 Å². The van der Waals surface area contributed by atoms with Crippen molar-refractivity contribution in [3.05, 3.63) is 31.9 Å². The van der Waals surface area contributed by atoms with Crippen LogP contribution in [-0.2, 0) is 14.3 Å². The van der Waals surface area contributed by atoms with Gasteiger partial charge in [0.25, 0.3) is 12.3 Å². The fraction of sp³-hybridized carbons (Fsp3) is 0.200. The second kappa shape index (κ2) is 19.2. The molecule has 0 N–H and O–H groups in total. The summed E-state index contributed by atoms with van der Waals surface area (Å²) in [4.78, 5) is 27.1. The molecule has 92 valence electrons. The molecule has 0 aliphatic heterocycles. The number of ether oxygens (including phenoxy) is 2. The van der Waals surface area contributed by atoms with Gasteiger partial charge in [-0.15, -0.1) is 13.2 Å². The van der Waals surface area contributed by atoms with Crippen LogP contribution in [-0.4, -0.2) is 31.5 Å². The molecule has 0 aromatic rings. The number of carboxylic acid groups (broad SMARTS) is 2. The molecular formula is C10H10O7. The molecule has 7 nitrogen and oxygen atoms in total. The van der Waals surface area contributed by atoms with Gasteiger partial charge >= 0.3 is 17.3 Å². The van der Waals surface area contributed by atoms with E-state index in [0.29, 0.717) is 0 Å². The van der Waals surface area contributed by atoms with Crippen molar-refractivity contribution in [2.75, 3.05) is 13.2 Å². The topological polar surface area (TPSA) is 116 Å². The van der Waals surface area contributed by atoms with Crippen LogP contribution in [0.3, 0.4) is 0 Å². The van der Waals surface area contributed by atoms with Gasteiger partial charge in [0.1, 0.15) is 0 Å². The van der Waals surface area contributed by atoms with Crippen molar-refractivity contribution in [1.82, 2.24) is 0 Å². The van der Waals surface area contributed by atoms with Gasteiger partial charge in [0.15, 0.2) is 0 Å². The maximum absolute atomic E-state index is 9.38. The number of hydrogen-bond donors (Lipinski definition) is 0. The molecule has 0 radical (unpaired) electrons. The molecule has 0 fully saturated rings. The summed E-state index contributed by atoms with van der Waals surface area (Å²) in [6, 6.07) is 0. The molecule has 0 rings (SSSR count). The molecule has 0 aromatic heterocycles. The van der Waals surface area contributed by atoms with Crippen LogP contribution in [0.5, 0.6) is 0 Å². The van der Waals surface area contributed by atoms with Crippen molar-refractivity contribution in [2.24, 2.45) is 0 Å². The van der Waals surface area contributed by atoms with Crippen LogP contribution < -0.4 is 10.2 Å². The second-order valence-corrected chi connectivity index (χ2v) is 1.80. The molecule has 0 heterocycles. The van der Waals surface area contributed by atoms with E-state index >= 15 is 0 Å². The van der Waals surface area contributed by atoms with Crippen molar-refractivity contribution in [3.8, 4) is 0 Å². The third-order valence-electron chi connectivity index (χ3n) is 0.638. The molecule has 0 saturated carbocycles. The summed E-state index contributed by atoms with van der Waals surface area (Å²) < 4.78 is 7.76. The van der Waals surface area contributed by atoms with Crippen molar-refractivity contribution in [1.29, 1.82) is 0 Å². The van der Waals surface area contributed by atoms with E-state index in [0.717, 1.165) is 5.94 Å². The molecule has 0 aromatic carbocycles. The zero-order valence-electron chi connectivity index (χ0n) is 8.84. The Bertz CT molecular complexity index is 242. The molecule has 0 saturated heterocycles. The Morgan fingerprint density at radius 3 is 1.41 bits per heavy atom. The van der Waals surface area contributed by atoms with E-state index in [-0.39, 0.29) is 13.2 Å². The van der Waals surface area contributed by atoms with Crippen molar-refractivity contribution >= 4 is 18.3 Å². The monoisotopic (exact) mass is 242 g/mol. The van der Waals surface area contributed by atoms with Gasteiger partial charge in [-0.2, -0.15) is 0 Å². The summed E-state index contributed by atoms with van der Waals surface area (Å²) in [5.41, 5.74) is 0. The number of carbonyl (C=O) groups excluding carboxylic acids is 3. The van der Waals surface area contributed by atoms with Crippen molar-refractivity contribution in [3.63, 3.8) is 0 Å². The SMILES string of the molecule is C=CCOC(=O)[O-].C=CCOC(=O)[O-].[C+2]=C=O. The van der Waals surface area contributed by atoms with E-state index in [1.54, 1.807) is 0 Å². The first-order valence-corrected chi connectivity index (χ1v) is 3.89. The normalized spacial score (nSPS) is 6.71. The molecule has 0 atom stereocenters. The van der Waals surface area contributed by atoms with Crippen LogP contribution in [0.25, 0.3) is 0 Å². The second-order valence-electron chi connectivity index (χ2n) is 1.80. The number of carbonyl (C=O) groups is 2. The average molecular weight is 242 g/mol. The van der Waals surface area contributed by atoms with Crippen LogP contribution in [0.15, 0.2) is 25.3 Å². The van der Waals surface area contributed by atoms with Crippen molar-refractivity contribution < 1.29 is 34.1 Å².